The molecule has 0 aromatic heterocycles. The van der Waals surface area contributed by atoms with E-state index < -0.39 is 18.0 Å². The van der Waals surface area contributed by atoms with Crippen molar-refractivity contribution in [2.24, 2.45) is 0 Å². The first-order chi connectivity index (χ1) is 9.13. The summed E-state index contributed by atoms with van der Waals surface area (Å²) >= 11 is 0. The lowest BCUT2D eigenvalue weighted by Crippen LogP contribution is -2.05. The zero-order valence-corrected chi connectivity index (χ0v) is 11.0. The summed E-state index contributed by atoms with van der Waals surface area (Å²) in [5.74, 6) is -0.878. The molecule has 0 aliphatic heterocycles. The van der Waals surface area contributed by atoms with E-state index in [-0.39, 0.29) is 0 Å². The number of rotatable bonds is 5. The Morgan fingerprint density at radius 1 is 1.32 bits per heavy atom. The fourth-order valence-electron chi connectivity index (χ4n) is 1.41. The maximum absolute atomic E-state index is 11.1. The topological polar surface area (TPSA) is 52.6 Å². The predicted molar refractivity (Wildman–Crippen MR) is 70.2 cm³/mol. The van der Waals surface area contributed by atoms with Gasteiger partial charge in [0.05, 0.1) is 12.7 Å². The van der Waals surface area contributed by atoms with Crippen LogP contribution in [-0.4, -0.2) is 18.5 Å². The van der Waals surface area contributed by atoms with Gasteiger partial charge in [-0.05, 0) is 12.5 Å². The minimum Gasteiger partial charge on any atom is -0.462 e. The van der Waals surface area contributed by atoms with E-state index in [9.17, 15) is 9.59 Å². The molecule has 0 amide bonds. The molecular formula is C15H16O4. The highest BCUT2D eigenvalue weighted by Gasteiger charge is 2.10. The second kappa shape index (κ2) is 7.90. The molecule has 1 atom stereocenters. The Morgan fingerprint density at radius 3 is 2.58 bits per heavy atom. The molecule has 4 nitrogen and oxygen atoms in total. The van der Waals surface area contributed by atoms with E-state index in [1.165, 1.54) is 19.1 Å². The van der Waals surface area contributed by atoms with Gasteiger partial charge in [0, 0.05) is 13.0 Å². The molecule has 1 aromatic rings. The van der Waals surface area contributed by atoms with Crippen LogP contribution in [0.3, 0.4) is 0 Å². The fourth-order valence-corrected chi connectivity index (χ4v) is 1.41. The molecule has 1 unspecified atom stereocenters. The van der Waals surface area contributed by atoms with E-state index in [2.05, 4.69) is 5.73 Å². The Bertz CT molecular complexity index is 484. The van der Waals surface area contributed by atoms with Crippen LogP contribution in [0.2, 0.25) is 0 Å². The molecule has 4 heteroatoms. The predicted octanol–water partition coefficient (Wildman–Crippen LogP) is 2.57. The third-order valence-electron chi connectivity index (χ3n) is 2.16. The molecule has 1 aromatic carbocycles. The highest BCUT2D eigenvalue weighted by atomic mass is 16.5. The van der Waals surface area contributed by atoms with E-state index in [1.54, 1.807) is 6.92 Å². The van der Waals surface area contributed by atoms with Crippen molar-refractivity contribution in [2.45, 2.75) is 20.0 Å². The molecule has 100 valence electrons. The summed E-state index contributed by atoms with van der Waals surface area (Å²) in [6.07, 6.45) is 2.11. The second-order valence-corrected chi connectivity index (χ2v) is 3.67. The van der Waals surface area contributed by atoms with Crippen molar-refractivity contribution in [2.75, 3.05) is 6.61 Å². The zero-order chi connectivity index (χ0) is 14.1. The molecule has 0 saturated heterocycles. The van der Waals surface area contributed by atoms with Crippen molar-refractivity contribution >= 4 is 11.9 Å². The number of hydrogen-bond donors (Lipinski definition) is 0. The molecule has 0 saturated carbocycles. The van der Waals surface area contributed by atoms with Crippen LogP contribution in [0, 0.1) is 0 Å². The van der Waals surface area contributed by atoms with Crippen molar-refractivity contribution in [3.05, 3.63) is 53.8 Å². The van der Waals surface area contributed by atoms with Gasteiger partial charge in [0.15, 0.2) is 6.10 Å². The minimum atomic E-state index is -0.565. The summed E-state index contributed by atoms with van der Waals surface area (Å²) in [7, 11) is 0. The average Bonchev–Trinajstić information content (AvgIpc) is 2.38. The number of esters is 2. The minimum absolute atomic E-state index is 0.309. The molecule has 19 heavy (non-hydrogen) atoms. The van der Waals surface area contributed by atoms with Crippen molar-refractivity contribution in [1.82, 2.24) is 0 Å². The van der Waals surface area contributed by atoms with Gasteiger partial charge in [-0.25, -0.2) is 4.79 Å². The maximum Gasteiger partial charge on any atom is 0.338 e. The molecule has 0 N–H and O–H groups in total. The molecule has 0 aliphatic carbocycles. The molecular weight excluding hydrogens is 244 g/mol. The molecule has 0 aliphatic rings. The van der Waals surface area contributed by atoms with E-state index in [4.69, 9.17) is 9.47 Å². The van der Waals surface area contributed by atoms with E-state index >= 15 is 0 Å². The normalized spacial score (nSPS) is 10.8. The van der Waals surface area contributed by atoms with E-state index in [1.807, 2.05) is 30.3 Å². The summed E-state index contributed by atoms with van der Waals surface area (Å²) in [5.41, 5.74) is 3.48. The van der Waals surface area contributed by atoms with Gasteiger partial charge < -0.3 is 9.47 Å². The van der Waals surface area contributed by atoms with Crippen molar-refractivity contribution in [3.8, 4) is 0 Å². The van der Waals surface area contributed by atoms with Crippen LogP contribution in [0.25, 0.3) is 0 Å². The maximum atomic E-state index is 11.1. The quantitative estimate of drug-likeness (QED) is 0.464. The van der Waals surface area contributed by atoms with Crippen molar-refractivity contribution in [3.63, 3.8) is 0 Å². The van der Waals surface area contributed by atoms with Crippen LogP contribution in [-0.2, 0) is 19.1 Å². The standard InChI is InChI=1S/C15H16O4/c1-3-18-15(17)11-7-10-14(19-12(2)16)13-8-5-4-6-9-13/h4-6,8-11,14H,3H2,1-2H3. The summed E-state index contributed by atoms with van der Waals surface area (Å²) < 4.78 is 9.87. The summed E-state index contributed by atoms with van der Waals surface area (Å²) in [5, 5.41) is 0. The Labute approximate surface area is 112 Å². The summed E-state index contributed by atoms with van der Waals surface area (Å²) in [6.45, 7) is 3.36. The van der Waals surface area contributed by atoms with Crippen LogP contribution in [0.5, 0.6) is 0 Å². The van der Waals surface area contributed by atoms with Gasteiger partial charge in [-0.2, -0.15) is 0 Å². The SMILES string of the molecule is CCOC(=O)C=C=CC(OC(C)=O)c1ccccc1. The lowest BCUT2D eigenvalue weighted by Gasteiger charge is -2.12. The van der Waals surface area contributed by atoms with Crippen LogP contribution < -0.4 is 0 Å². The first kappa shape index (κ1) is 14.7. The summed E-state index contributed by atoms with van der Waals surface area (Å²) in [4.78, 5) is 22.2. The van der Waals surface area contributed by atoms with Crippen LogP contribution in [0.15, 0.2) is 48.2 Å². The van der Waals surface area contributed by atoms with Gasteiger partial charge in [-0.1, -0.05) is 30.3 Å². The van der Waals surface area contributed by atoms with Gasteiger partial charge in [0.25, 0.3) is 0 Å². The Balaban J connectivity index is 2.84. The summed E-state index contributed by atoms with van der Waals surface area (Å²) in [6, 6.07) is 9.21. The number of carbonyl (C=O) groups is 2. The lowest BCUT2D eigenvalue weighted by atomic mass is 10.1. The number of ether oxygens (including phenoxy) is 2. The lowest BCUT2D eigenvalue weighted by molar-refractivity contribution is -0.144. The first-order valence-corrected chi connectivity index (χ1v) is 5.95. The molecule has 0 spiro atoms. The average molecular weight is 260 g/mol. The van der Waals surface area contributed by atoms with E-state index in [0.717, 1.165) is 5.56 Å². The fraction of sp³-hybridized carbons (Fsp3) is 0.267. The van der Waals surface area contributed by atoms with Gasteiger partial charge in [-0.15, -0.1) is 5.73 Å². The molecule has 1 rings (SSSR count). The van der Waals surface area contributed by atoms with Gasteiger partial charge in [0.1, 0.15) is 0 Å². The molecule has 0 heterocycles. The third kappa shape index (κ3) is 5.70. The first-order valence-electron chi connectivity index (χ1n) is 5.95. The number of carbonyl (C=O) groups excluding carboxylic acids is 2. The number of hydrogen-bond acceptors (Lipinski definition) is 4. The van der Waals surface area contributed by atoms with Crippen molar-refractivity contribution < 1.29 is 19.1 Å². The molecule has 0 fully saturated rings. The Kier molecular flexibility index (Phi) is 6.13. The monoisotopic (exact) mass is 260 g/mol. The second-order valence-electron chi connectivity index (χ2n) is 3.67. The van der Waals surface area contributed by atoms with Crippen LogP contribution in [0.1, 0.15) is 25.5 Å². The van der Waals surface area contributed by atoms with Gasteiger partial charge >= 0.3 is 11.9 Å². The largest absolute Gasteiger partial charge is 0.462 e. The molecule has 0 bridgehead atoms. The number of benzene rings is 1. The molecule has 0 radical (unpaired) electrons. The Morgan fingerprint density at radius 2 is 2.00 bits per heavy atom. The van der Waals surface area contributed by atoms with Crippen molar-refractivity contribution in [1.29, 1.82) is 0 Å². The third-order valence-corrected chi connectivity index (χ3v) is 2.16. The van der Waals surface area contributed by atoms with Gasteiger partial charge in [0.2, 0.25) is 0 Å². The Hall–Kier alpha value is -2.32. The van der Waals surface area contributed by atoms with E-state index in [0.29, 0.717) is 6.61 Å². The highest BCUT2D eigenvalue weighted by Crippen LogP contribution is 2.18. The smallest absolute Gasteiger partial charge is 0.338 e. The van der Waals surface area contributed by atoms with Gasteiger partial charge in [-0.3, -0.25) is 4.79 Å². The zero-order valence-electron chi connectivity index (χ0n) is 11.0. The van der Waals surface area contributed by atoms with Crippen LogP contribution in [0.4, 0.5) is 0 Å². The van der Waals surface area contributed by atoms with Crippen LogP contribution >= 0.6 is 0 Å². The highest BCUT2D eigenvalue weighted by molar-refractivity contribution is 5.81.